The van der Waals surface area contributed by atoms with Crippen molar-refractivity contribution in [2.75, 3.05) is 13.6 Å². The number of piperidine rings is 2. The van der Waals surface area contributed by atoms with Gasteiger partial charge in [-0.15, -0.1) is 0 Å². The lowest BCUT2D eigenvalue weighted by Crippen LogP contribution is -2.38. The highest BCUT2D eigenvalue weighted by atomic mass is 16.2. The average molecular weight is 248 g/mol. The quantitative estimate of drug-likeness (QED) is 0.549. The fourth-order valence-corrected chi connectivity index (χ4v) is 4.33. The van der Waals surface area contributed by atoms with Gasteiger partial charge < -0.3 is 0 Å². The summed E-state index contributed by atoms with van der Waals surface area (Å²) in [5.74, 6) is -2.43. The van der Waals surface area contributed by atoms with Gasteiger partial charge in [0.05, 0.1) is 23.7 Å². The topological polar surface area (TPSA) is 74.8 Å². The second-order valence-electron chi connectivity index (χ2n) is 5.57. The van der Waals surface area contributed by atoms with E-state index < -0.39 is 29.1 Å². The molecule has 1 spiro atoms. The highest BCUT2D eigenvalue weighted by Gasteiger charge is 2.96. The van der Waals surface area contributed by atoms with Crippen molar-refractivity contribution >= 4 is 23.6 Å². The first-order chi connectivity index (χ1) is 8.49. The molecular weight excluding hydrogens is 236 g/mol. The number of imide groups is 2. The van der Waals surface area contributed by atoms with Crippen LogP contribution in [0.15, 0.2) is 0 Å². The third kappa shape index (κ3) is 0.693. The number of carbonyl (C=O) groups excluding carboxylic acids is 4. The van der Waals surface area contributed by atoms with Crippen LogP contribution in [-0.2, 0) is 19.2 Å². The lowest BCUT2D eigenvalue weighted by molar-refractivity contribution is -0.143. The van der Waals surface area contributed by atoms with Crippen LogP contribution in [0.2, 0.25) is 0 Å². The number of nitrogens with zero attached hydrogens (tertiary/aromatic N) is 2. The van der Waals surface area contributed by atoms with Crippen LogP contribution in [0.5, 0.6) is 0 Å². The van der Waals surface area contributed by atoms with E-state index in [-0.39, 0.29) is 23.6 Å². The third-order valence-electron chi connectivity index (χ3n) is 5.18. The summed E-state index contributed by atoms with van der Waals surface area (Å²) in [6.07, 6.45) is 0. The second kappa shape index (κ2) is 2.50. The molecule has 2 heterocycles. The van der Waals surface area contributed by atoms with Crippen molar-refractivity contribution in [2.24, 2.45) is 29.1 Å². The Kier molecular flexibility index (Phi) is 1.42. The van der Waals surface area contributed by atoms with Crippen LogP contribution in [0.3, 0.4) is 0 Å². The molecule has 0 aromatic rings. The number of hydrogen-bond donors (Lipinski definition) is 0. The van der Waals surface area contributed by atoms with Crippen molar-refractivity contribution in [1.29, 1.82) is 0 Å². The van der Waals surface area contributed by atoms with E-state index in [0.717, 1.165) is 4.90 Å². The number of likely N-dealkylation sites (tertiary alicyclic amines) is 2. The van der Waals surface area contributed by atoms with E-state index in [1.165, 1.54) is 11.9 Å². The first-order valence-electron chi connectivity index (χ1n) is 6.16. The average Bonchev–Trinajstić information content (AvgIpc) is 3.15. The van der Waals surface area contributed by atoms with Gasteiger partial charge in [-0.2, -0.15) is 0 Å². The van der Waals surface area contributed by atoms with E-state index in [1.807, 2.05) is 0 Å². The molecule has 2 saturated carbocycles. The number of rotatable bonds is 1. The number of hydrogen-bond acceptors (Lipinski definition) is 4. The Morgan fingerprint density at radius 1 is 0.889 bits per heavy atom. The zero-order chi connectivity index (χ0) is 13.0. The lowest BCUT2D eigenvalue weighted by atomic mass is 10.1. The zero-order valence-corrected chi connectivity index (χ0v) is 10.0. The molecule has 2 aliphatic carbocycles. The predicted octanol–water partition coefficient (Wildman–Crippen LogP) is -1.15. The summed E-state index contributed by atoms with van der Waals surface area (Å²) in [6, 6.07) is 0. The fraction of sp³-hybridized carbons (Fsp3) is 0.667. The van der Waals surface area contributed by atoms with Gasteiger partial charge >= 0.3 is 0 Å². The van der Waals surface area contributed by atoms with Crippen LogP contribution < -0.4 is 0 Å². The van der Waals surface area contributed by atoms with Crippen molar-refractivity contribution < 1.29 is 19.2 Å². The van der Waals surface area contributed by atoms with E-state index >= 15 is 0 Å². The smallest absolute Gasteiger partial charge is 0.233 e. The van der Waals surface area contributed by atoms with E-state index in [4.69, 9.17) is 0 Å². The Bertz CT molecular complexity index is 508. The molecule has 0 N–H and O–H groups in total. The molecule has 4 fully saturated rings. The van der Waals surface area contributed by atoms with Crippen molar-refractivity contribution in [3.8, 4) is 0 Å². The Morgan fingerprint density at radius 2 is 1.28 bits per heavy atom. The summed E-state index contributed by atoms with van der Waals surface area (Å²) >= 11 is 0. The molecule has 4 unspecified atom stereocenters. The monoisotopic (exact) mass is 248 g/mol. The number of carbonyl (C=O) groups is 4. The maximum atomic E-state index is 12.0. The molecule has 6 heteroatoms. The largest absolute Gasteiger partial charge is 0.285 e. The van der Waals surface area contributed by atoms with Crippen LogP contribution in [0.4, 0.5) is 0 Å². The fourth-order valence-electron chi connectivity index (χ4n) is 4.33. The van der Waals surface area contributed by atoms with Gasteiger partial charge in [0, 0.05) is 19.0 Å². The standard InChI is InChI=1S/C12H12N2O4/c1-3-14-10(17)6-7(11(14)18)12(6)4-5(12)9(16)13(2)8(4)15/h4-7H,3H2,1-2H3. The van der Waals surface area contributed by atoms with Gasteiger partial charge in [-0.25, -0.2) is 0 Å². The summed E-state index contributed by atoms with van der Waals surface area (Å²) in [5.41, 5.74) is -0.611. The van der Waals surface area contributed by atoms with Gasteiger partial charge in [-0.3, -0.25) is 29.0 Å². The minimum absolute atomic E-state index is 0.190. The van der Waals surface area contributed by atoms with Crippen LogP contribution in [0.1, 0.15) is 6.92 Å². The van der Waals surface area contributed by atoms with Crippen molar-refractivity contribution in [1.82, 2.24) is 9.80 Å². The first kappa shape index (κ1) is 10.2. The number of amides is 4. The summed E-state index contributed by atoms with van der Waals surface area (Å²) in [4.78, 5) is 50.2. The minimum Gasteiger partial charge on any atom is -0.285 e. The summed E-state index contributed by atoms with van der Waals surface area (Å²) < 4.78 is 0. The molecule has 0 radical (unpaired) electrons. The Labute approximate surface area is 103 Å². The third-order valence-corrected chi connectivity index (χ3v) is 5.18. The van der Waals surface area contributed by atoms with E-state index in [1.54, 1.807) is 6.92 Å². The normalized spacial score (nSPS) is 48.1. The minimum atomic E-state index is -0.611. The molecule has 4 aliphatic rings. The SMILES string of the molecule is CCN1C(=O)C2C(C1=O)C21C2C(=O)N(C)C(=O)C21. The van der Waals surface area contributed by atoms with Crippen molar-refractivity contribution in [2.45, 2.75) is 6.92 Å². The molecule has 4 atom stereocenters. The molecule has 0 bridgehead atoms. The van der Waals surface area contributed by atoms with E-state index in [2.05, 4.69) is 0 Å². The maximum absolute atomic E-state index is 12.0. The first-order valence-corrected chi connectivity index (χ1v) is 6.16. The van der Waals surface area contributed by atoms with Gasteiger partial charge in [0.15, 0.2) is 0 Å². The molecule has 6 nitrogen and oxygen atoms in total. The van der Waals surface area contributed by atoms with Gasteiger partial charge in [0.2, 0.25) is 23.6 Å². The van der Waals surface area contributed by atoms with E-state index in [0.29, 0.717) is 6.54 Å². The summed E-state index contributed by atoms with van der Waals surface area (Å²) in [7, 11) is 1.46. The molecular formula is C12H12N2O4. The van der Waals surface area contributed by atoms with E-state index in [9.17, 15) is 19.2 Å². The van der Waals surface area contributed by atoms with Crippen LogP contribution >= 0.6 is 0 Å². The maximum Gasteiger partial charge on any atom is 0.233 e. The zero-order valence-electron chi connectivity index (χ0n) is 10.0. The molecule has 0 aromatic heterocycles. The molecule has 0 aromatic carbocycles. The lowest BCUT2D eigenvalue weighted by Gasteiger charge is -2.18. The molecule has 94 valence electrons. The molecule has 2 saturated heterocycles. The van der Waals surface area contributed by atoms with Crippen molar-refractivity contribution in [3.63, 3.8) is 0 Å². The molecule has 4 rings (SSSR count). The molecule has 4 amide bonds. The van der Waals surface area contributed by atoms with Crippen LogP contribution in [-0.4, -0.2) is 47.0 Å². The molecule has 2 aliphatic heterocycles. The summed E-state index contributed by atoms with van der Waals surface area (Å²) in [5, 5.41) is 0. The highest BCUT2D eigenvalue weighted by Crippen LogP contribution is 2.86. The Hall–Kier alpha value is -1.72. The predicted molar refractivity (Wildman–Crippen MR) is 56.6 cm³/mol. The van der Waals surface area contributed by atoms with Crippen LogP contribution in [0.25, 0.3) is 0 Å². The molecule has 18 heavy (non-hydrogen) atoms. The van der Waals surface area contributed by atoms with Crippen LogP contribution in [0, 0.1) is 29.1 Å². The highest BCUT2D eigenvalue weighted by molar-refractivity contribution is 6.19. The summed E-state index contributed by atoms with van der Waals surface area (Å²) in [6.45, 7) is 2.13. The Morgan fingerprint density at radius 3 is 1.67 bits per heavy atom. The van der Waals surface area contributed by atoms with Gasteiger partial charge in [0.1, 0.15) is 0 Å². The van der Waals surface area contributed by atoms with Gasteiger partial charge in [-0.05, 0) is 6.92 Å². The second-order valence-corrected chi connectivity index (χ2v) is 5.57. The van der Waals surface area contributed by atoms with Gasteiger partial charge in [0.25, 0.3) is 0 Å². The van der Waals surface area contributed by atoms with Crippen molar-refractivity contribution in [3.05, 3.63) is 0 Å². The number of fused-ring (bicyclic) bond motifs is 6. The van der Waals surface area contributed by atoms with Gasteiger partial charge in [-0.1, -0.05) is 0 Å². The Balaban J connectivity index is 1.71.